The van der Waals surface area contributed by atoms with Crippen LogP contribution in [0.15, 0.2) is 24.3 Å². The maximum atomic E-state index is 12.1. The van der Waals surface area contributed by atoms with Crippen molar-refractivity contribution in [2.24, 2.45) is 0 Å². The van der Waals surface area contributed by atoms with Gasteiger partial charge in [-0.1, -0.05) is 31.1 Å². The smallest absolute Gasteiger partial charge is 0.179 e. The topological polar surface area (TPSA) is 62.8 Å². The number of nitrogens with zero attached hydrogens (tertiary/aromatic N) is 2. The van der Waals surface area contributed by atoms with Crippen LogP contribution in [0, 0.1) is 6.92 Å². The average molecular weight is 423 g/mol. The van der Waals surface area contributed by atoms with Crippen LogP contribution in [0.1, 0.15) is 21.5 Å². The van der Waals surface area contributed by atoms with Gasteiger partial charge in [0, 0.05) is 32.0 Å². The average Bonchev–Trinajstić information content (AvgIpc) is 2.38. The van der Waals surface area contributed by atoms with Crippen LogP contribution >= 0.6 is 0 Å². The Morgan fingerprint density at radius 1 is 1.26 bits per heavy atom. The SMILES string of the molecule is Cc1c(O)cc2c3c(cccc13)C(=O)N(C)C2=[N-].[W]. The van der Waals surface area contributed by atoms with Gasteiger partial charge in [-0.3, -0.25) is 4.79 Å². The number of aromatic hydroxyl groups is 1. The summed E-state index contributed by atoms with van der Waals surface area (Å²) >= 11 is 0. The van der Waals surface area contributed by atoms with Crippen LogP contribution in [-0.4, -0.2) is 28.8 Å². The van der Waals surface area contributed by atoms with E-state index >= 15 is 0 Å². The van der Waals surface area contributed by atoms with Crippen molar-refractivity contribution in [1.29, 1.82) is 0 Å². The monoisotopic (exact) mass is 423 g/mol. The van der Waals surface area contributed by atoms with E-state index in [2.05, 4.69) is 0 Å². The predicted molar refractivity (Wildman–Crippen MR) is 69.9 cm³/mol. The van der Waals surface area contributed by atoms with Gasteiger partial charge in [-0.05, 0) is 29.5 Å². The van der Waals surface area contributed by atoms with Crippen molar-refractivity contribution in [3.05, 3.63) is 46.4 Å². The first-order chi connectivity index (χ1) is 8.52. The fourth-order valence-corrected chi connectivity index (χ4v) is 2.42. The Morgan fingerprint density at radius 3 is 2.63 bits per heavy atom. The summed E-state index contributed by atoms with van der Waals surface area (Å²) in [5.41, 5.74) is 1.75. The van der Waals surface area contributed by atoms with Gasteiger partial charge in [-0.25, -0.2) is 0 Å². The van der Waals surface area contributed by atoms with E-state index in [9.17, 15) is 15.3 Å². The molecule has 96 valence electrons. The molecule has 1 N–H and O–H groups in total. The van der Waals surface area contributed by atoms with Crippen molar-refractivity contribution in [3.63, 3.8) is 0 Å². The Labute approximate surface area is 124 Å². The Kier molecular flexibility index (Phi) is 3.23. The van der Waals surface area contributed by atoms with E-state index in [-0.39, 0.29) is 38.6 Å². The van der Waals surface area contributed by atoms with Crippen molar-refractivity contribution in [2.45, 2.75) is 6.92 Å². The standard InChI is InChI=1S/C14H11N2O2.W/c1-7-8-4-3-5-9-12(8)10(6-11(7)17)13(15)16(2)14(9)18;/h3-6,17H,1-2H3;/q-1;. The number of aryl methyl sites for hydroxylation is 1. The summed E-state index contributed by atoms with van der Waals surface area (Å²) in [5, 5.41) is 21.4. The zero-order chi connectivity index (χ0) is 13.0. The van der Waals surface area contributed by atoms with Crippen molar-refractivity contribution in [2.75, 3.05) is 7.05 Å². The minimum Gasteiger partial charge on any atom is -0.508 e. The fourth-order valence-electron chi connectivity index (χ4n) is 2.42. The number of phenols is 1. The number of carbonyl (C=O) groups excluding carboxylic acids is 1. The van der Waals surface area contributed by atoms with E-state index in [0.29, 0.717) is 22.1 Å². The molecular formula is C14H11N2O2W-. The van der Waals surface area contributed by atoms with Crippen LogP contribution in [0.3, 0.4) is 0 Å². The third-order valence-corrected chi connectivity index (χ3v) is 3.50. The third kappa shape index (κ3) is 1.71. The van der Waals surface area contributed by atoms with Crippen molar-refractivity contribution < 1.29 is 31.0 Å². The van der Waals surface area contributed by atoms with Crippen LogP contribution in [0.5, 0.6) is 5.75 Å². The van der Waals surface area contributed by atoms with Gasteiger partial charge >= 0.3 is 0 Å². The molecule has 2 aromatic carbocycles. The summed E-state index contributed by atoms with van der Waals surface area (Å²) in [5.74, 6) is -0.251. The van der Waals surface area contributed by atoms with E-state index in [1.54, 1.807) is 19.1 Å². The molecule has 0 fully saturated rings. The molecule has 1 amide bonds. The molecule has 1 heterocycles. The van der Waals surface area contributed by atoms with Crippen LogP contribution < -0.4 is 0 Å². The molecule has 0 radical (unpaired) electrons. The Balaban J connectivity index is 0.00000133. The van der Waals surface area contributed by atoms with Crippen LogP contribution in [0.25, 0.3) is 16.2 Å². The zero-order valence-electron chi connectivity index (χ0n) is 10.5. The van der Waals surface area contributed by atoms with Crippen LogP contribution in [0.2, 0.25) is 0 Å². The molecule has 0 saturated carbocycles. The second-order valence-corrected chi connectivity index (χ2v) is 4.48. The molecule has 0 unspecified atom stereocenters. The number of carbonyl (C=O) groups is 1. The Morgan fingerprint density at radius 2 is 1.95 bits per heavy atom. The molecule has 19 heavy (non-hydrogen) atoms. The molecule has 5 heteroatoms. The largest absolute Gasteiger partial charge is 0.508 e. The number of hydrogen-bond acceptors (Lipinski definition) is 2. The molecule has 1 aliphatic heterocycles. The molecule has 2 aromatic rings. The molecule has 1 aliphatic rings. The molecule has 3 rings (SSSR count). The number of benzene rings is 2. The number of rotatable bonds is 0. The second-order valence-electron chi connectivity index (χ2n) is 4.48. The molecular weight excluding hydrogens is 412 g/mol. The Hall–Kier alpha value is -1.67. The first-order valence-corrected chi connectivity index (χ1v) is 5.62. The van der Waals surface area contributed by atoms with Crippen LogP contribution in [0.4, 0.5) is 0 Å². The van der Waals surface area contributed by atoms with Gasteiger partial charge in [0.15, 0.2) is 5.91 Å². The van der Waals surface area contributed by atoms with Gasteiger partial charge in [0.2, 0.25) is 0 Å². The molecule has 0 atom stereocenters. The minimum absolute atomic E-state index is 0. The van der Waals surface area contributed by atoms with Gasteiger partial charge < -0.3 is 15.4 Å². The van der Waals surface area contributed by atoms with Crippen molar-refractivity contribution in [1.82, 2.24) is 4.90 Å². The molecule has 0 aromatic heterocycles. The number of amides is 1. The summed E-state index contributed by atoms with van der Waals surface area (Å²) in [6.07, 6.45) is 0. The first kappa shape index (κ1) is 13.8. The van der Waals surface area contributed by atoms with E-state index in [1.165, 1.54) is 18.0 Å². The normalized spacial score (nSPS) is 13.7. The second kappa shape index (κ2) is 4.46. The predicted octanol–water partition coefficient (Wildman–Crippen LogP) is 2.25. The van der Waals surface area contributed by atoms with Gasteiger partial charge in [0.1, 0.15) is 5.75 Å². The maximum Gasteiger partial charge on any atom is 0.179 e. The van der Waals surface area contributed by atoms with E-state index < -0.39 is 0 Å². The molecule has 0 spiro atoms. The fraction of sp³-hybridized carbons (Fsp3) is 0.143. The van der Waals surface area contributed by atoms with Crippen LogP contribution in [-0.2, 0) is 21.1 Å². The number of hydrogen-bond donors (Lipinski definition) is 1. The summed E-state index contributed by atoms with van der Waals surface area (Å²) in [4.78, 5) is 13.3. The van der Waals surface area contributed by atoms with E-state index in [4.69, 9.17) is 0 Å². The first-order valence-electron chi connectivity index (χ1n) is 5.62. The maximum absolute atomic E-state index is 12.1. The molecule has 0 aliphatic carbocycles. The summed E-state index contributed by atoms with van der Waals surface area (Å²) in [7, 11) is 1.51. The molecule has 4 nitrogen and oxygen atoms in total. The van der Waals surface area contributed by atoms with E-state index in [1.807, 2.05) is 6.07 Å². The third-order valence-electron chi connectivity index (χ3n) is 3.50. The Bertz CT molecular complexity index is 725. The van der Waals surface area contributed by atoms with E-state index in [0.717, 1.165) is 5.39 Å². The number of phenolic OH excluding ortho intramolecular Hbond substituents is 1. The summed E-state index contributed by atoms with van der Waals surface area (Å²) < 4.78 is 0. The van der Waals surface area contributed by atoms with Gasteiger partial charge in [-0.2, -0.15) is 0 Å². The summed E-state index contributed by atoms with van der Waals surface area (Å²) in [6, 6.07) is 6.85. The zero-order valence-corrected chi connectivity index (χ0v) is 13.4. The van der Waals surface area contributed by atoms with Gasteiger partial charge in [0.05, 0.1) is 0 Å². The quantitative estimate of drug-likeness (QED) is 0.707. The van der Waals surface area contributed by atoms with Crippen molar-refractivity contribution in [3.8, 4) is 5.75 Å². The molecule has 0 saturated heterocycles. The molecule has 0 bridgehead atoms. The minimum atomic E-state index is -0.240. The van der Waals surface area contributed by atoms with Crippen molar-refractivity contribution >= 4 is 22.5 Å². The van der Waals surface area contributed by atoms with Gasteiger partial charge in [-0.15, -0.1) is 0 Å². The number of amidine groups is 1. The van der Waals surface area contributed by atoms with Gasteiger partial charge in [0.25, 0.3) is 0 Å². The summed E-state index contributed by atoms with van der Waals surface area (Å²) in [6.45, 7) is 1.79.